The van der Waals surface area contributed by atoms with Crippen molar-refractivity contribution in [3.8, 4) is 0 Å². The molecular weight excluding hydrogens is 264 g/mol. The Bertz CT molecular complexity index is 540. The molecule has 0 aromatic heterocycles. The lowest BCUT2D eigenvalue weighted by Crippen LogP contribution is -2.19. The molecule has 0 heterocycles. The lowest BCUT2D eigenvalue weighted by atomic mass is 9.81. The van der Waals surface area contributed by atoms with Crippen LogP contribution in [0.25, 0.3) is 0 Å². The number of carbonyl (C=O) groups excluding carboxylic acids is 2. The lowest BCUT2D eigenvalue weighted by molar-refractivity contribution is -0.148. The second-order valence-electron chi connectivity index (χ2n) is 6.96. The van der Waals surface area contributed by atoms with Crippen LogP contribution in [0.2, 0.25) is 0 Å². The highest BCUT2D eigenvalue weighted by atomic mass is 16.5. The van der Waals surface area contributed by atoms with Gasteiger partial charge in [-0.2, -0.15) is 0 Å². The Labute approximate surface area is 126 Å². The summed E-state index contributed by atoms with van der Waals surface area (Å²) < 4.78 is 4.72. The van der Waals surface area contributed by atoms with E-state index in [-0.39, 0.29) is 23.1 Å². The third-order valence-corrected chi connectivity index (χ3v) is 4.27. The molecule has 0 spiro atoms. The minimum atomic E-state index is -0.554. The fraction of sp³-hybridized carbons (Fsp3) is 0.556. The van der Waals surface area contributed by atoms with Crippen molar-refractivity contribution in [1.29, 1.82) is 0 Å². The van der Waals surface area contributed by atoms with Gasteiger partial charge in [-0.1, -0.05) is 45.0 Å². The zero-order chi connectivity index (χ0) is 15.6. The fourth-order valence-corrected chi connectivity index (χ4v) is 3.24. The van der Waals surface area contributed by atoms with Gasteiger partial charge in [0.2, 0.25) is 0 Å². The van der Waals surface area contributed by atoms with Gasteiger partial charge in [-0.05, 0) is 35.3 Å². The van der Waals surface area contributed by atoms with E-state index in [1.807, 2.05) is 6.07 Å². The Morgan fingerprint density at radius 2 is 1.95 bits per heavy atom. The summed E-state index contributed by atoms with van der Waals surface area (Å²) in [5, 5.41) is 0. The third-order valence-electron chi connectivity index (χ3n) is 4.27. The van der Waals surface area contributed by atoms with Crippen molar-refractivity contribution in [1.82, 2.24) is 0 Å². The van der Waals surface area contributed by atoms with Crippen molar-refractivity contribution >= 4 is 11.8 Å². The quantitative estimate of drug-likeness (QED) is 0.633. The number of hydrogen-bond acceptors (Lipinski definition) is 3. The first-order valence-electron chi connectivity index (χ1n) is 7.52. The minimum Gasteiger partial charge on any atom is -0.468 e. The van der Waals surface area contributed by atoms with Gasteiger partial charge >= 0.3 is 5.97 Å². The van der Waals surface area contributed by atoms with Crippen LogP contribution >= 0.6 is 0 Å². The van der Waals surface area contributed by atoms with Gasteiger partial charge in [0.05, 0.1) is 7.11 Å². The lowest BCUT2D eigenvalue weighted by Gasteiger charge is -2.24. The highest BCUT2D eigenvalue weighted by Crippen LogP contribution is 2.34. The molecule has 0 saturated heterocycles. The third kappa shape index (κ3) is 3.52. The minimum absolute atomic E-state index is 0.0279. The fourth-order valence-electron chi connectivity index (χ4n) is 3.24. The van der Waals surface area contributed by atoms with Crippen molar-refractivity contribution in [2.24, 2.45) is 11.8 Å². The van der Waals surface area contributed by atoms with Crippen LogP contribution in [0.4, 0.5) is 0 Å². The number of benzene rings is 1. The molecule has 1 aromatic rings. The monoisotopic (exact) mass is 288 g/mol. The molecule has 0 aliphatic heterocycles. The van der Waals surface area contributed by atoms with Crippen molar-refractivity contribution in [2.45, 2.75) is 45.4 Å². The van der Waals surface area contributed by atoms with E-state index in [0.717, 1.165) is 6.42 Å². The van der Waals surface area contributed by atoms with E-state index in [4.69, 9.17) is 4.74 Å². The molecule has 0 N–H and O–H groups in total. The smallest absolute Gasteiger partial charge is 0.316 e. The van der Waals surface area contributed by atoms with E-state index in [1.54, 1.807) is 0 Å². The van der Waals surface area contributed by atoms with E-state index >= 15 is 0 Å². The van der Waals surface area contributed by atoms with Crippen LogP contribution in [0.15, 0.2) is 24.3 Å². The van der Waals surface area contributed by atoms with Crippen LogP contribution in [0.5, 0.6) is 0 Å². The van der Waals surface area contributed by atoms with E-state index in [0.29, 0.717) is 12.8 Å². The van der Waals surface area contributed by atoms with E-state index in [1.165, 1.54) is 18.2 Å². The summed E-state index contributed by atoms with van der Waals surface area (Å²) in [6, 6.07) is 8.39. The zero-order valence-electron chi connectivity index (χ0n) is 13.3. The zero-order valence-corrected chi connectivity index (χ0v) is 13.3. The molecule has 1 aliphatic rings. The molecule has 1 aliphatic carbocycles. The van der Waals surface area contributed by atoms with Crippen LogP contribution in [0.1, 0.15) is 44.7 Å². The summed E-state index contributed by atoms with van der Waals surface area (Å²) >= 11 is 0. The number of rotatable bonds is 3. The second-order valence-corrected chi connectivity index (χ2v) is 6.96. The standard InChI is InChI=1S/C18H24O3/c1-18(2,3)15-8-6-5-7-13(15)9-12-10-14(16(19)11-12)17(20)21-4/h5-8,12,14H,9-11H2,1-4H3. The van der Waals surface area contributed by atoms with Gasteiger partial charge in [0.25, 0.3) is 0 Å². The molecule has 2 atom stereocenters. The number of ketones is 1. The Hall–Kier alpha value is -1.64. The van der Waals surface area contributed by atoms with Gasteiger partial charge in [-0.15, -0.1) is 0 Å². The van der Waals surface area contributed by atoms with Gasteiger partial charge in [0.1, 0.15) is 11.7 Å². The average Bonchev–Trinajstić information content (AvgIpc) is 2.78. The van der Waals surface area contributed by atoms with Gasteiger partial charge in [-0.25, -0.2) is 0 Å². The molecule has 2 rings (SSSR count). The highest BCUT2D eigenvalue weighted by molar-refractivity contribution is 6.00. The average molecular weight is 288 g/mol. The highest BCUT2D eigenvalue weighted by Gasteiger charge is 2.38. The first kappa shape index (κ1) is 15.7. The summed E-state index contributed by atoms with van der Waals surface area (Å²) in [5.41, 5.74) is 2.69. The molecule has 0 amide bonds. The molecule has 1 aromatic carbocycles. The number of methoxy groups -OCH3 is 1. The van der Waals surface area contributed by atoms with Crippen LogP contribution < -0.4 is 0 Å². The molecule has 21 heavy (non-hydrogen) atoms. The summed E-state index contributed by atoms with van der Waals surface area (Å²) in [5.74, 6) is -0.668. The maximum atomic E-state index is 12.0. The molecular formula is C18H24O3. The van der Waals surface area contributed by atoms with Crippen molar-refractivity contribution in [3.63, 3.8) is 0 Å². The Morgan fingerprint density at radius 3 is 2.57 bits per heavy atom. The summed E-state index contributed by atoms with van der Waals surface area (Å²) in [6.45, 7) is 6.59. The van der Waals surface area contributed by atoms with Gasteiger partial charge < -0.3 is 4.74 Å². The van der Waals surface area contributed by atoms with Crippen molar-refractivity contribution in [2.75, 3.05) is 7.11 Å². The summed E-state index contributed by atoms with van der Waals surface area (Å²) in [4.78, 5) is 23.6. The first-order chi connectivity index (χ1) is 9.82. The largest absolute Gasteiger partial charge is 0.468 e. The molecule has 2 unspecified atom stereocenters. The summed E-state index contributed by atoms with van der Waals surface area (Å²) in [7, 11) is 1.35. The topological polar surface area (TPSA) is 43.4 Å². The van der Waals surface area contributed by atoms with E-state index < -0.39 is 5.92 Å². The predicted molar refractivity (Wildman–Crippen MR) is 82.1 cm³/mol. The Balaban J connectivity index is 2.14. The van der Waals surface area contributed by atoms with Gasteiger partial charge in [-0.3, -0.25) is 9.59 Å². The maximum absolute atomic E-state index is 12.0. The Kier molecular flexibility index (Phi) is 4.50. The molecule has 1 saturated carbocycles. The normalized spacial score (nSPS) is 22.4. The second kappa shape index (κ2) is 6.00. The molecule has 114 valence electrons. The number of hydrogen-bond donors (Lipinski definition) is 0. The van der Waals surface area contributed by atoms with Crippen LogP contribution in [-0.4, -0.2) is 18.9 Å². The Morgan fingerprint density at radius 1 is 1.29 bits per heavy atom. The molecule has 3 heteroatoms. The van der Waals surface area contributed by atoms with Crippen LogP contribution in [-0.2, 0) is 26.2 Å². The van der Waals surface area contributed by atoms with Crippen molar-refractivity contribution in [3.05, 3.63) is 35.4 Å². The number of Topliss-reactive ketones (excluding diaryl/α,β-unsaturated/α-hetero) is 1. The van der Waals surface area contributed by atoms with Gasteiger partial charge in [0.15, 0.2) is 0 Å². The van der Waals surface area contributed by atoms with Gasteiger partial charge in [0, 0.05) is 6.42 Å². The number of carbonyl (C=O) groups is 2. The number of ether oxygens (including phenoxy) is 1. The van der Waals surface area contributed by atoms with Crippen LogP contribution in [0, 0.1) is 11.8 Å². The summed E-state index contributed by atoms with van der Waals surface area (Å²) in [6.07, 6.45) is 1.95. The van der Waals surface area contributed by atoms with E-state index in [9.17, 15) is 9.59 Å². The SMILES string of the molecule is COC(=O)C1CC(Cc2ccccc2C(C)(C)C)CC1=O. The number of esters is 1. The molecule has 3 nitrogen and oxygen atoms in total. The first-order valence-corrected chi connectivity index (χ1v) is 7.52. The van der Waals surface area contributed by atoms with E-state index in [2.05, 4.69) is 39.0 Å². The maximum Gasteiger partial charge on any atom is 0.316 e. The van der Waals surface area contributed by atoms with Crippen LogP contribution in [0.3, 0.4) is 0 Å². The van der Waals surface area contributed by atoms with Crippen molar-refractivity contribution < 1.29 is 14.3 Å². The predicted octanol–water partition coefficient (Wildman–Crippen LogP) is 3.29. The molecule has 0 radical (unpaired) electrons. The molecule has 0 bridgehead atoms. The molecule has 1 fully saturated rings.